The summed E-state index contributed by atoms with van der Waals surface area (Å²) >= 11 is 0. The summed E-state index contributed by atoms with van der Waals surface area (Å²) in [6.07, 6.45) is 1.57. The molecule has 0 fully saturated rings. The molecular formula is C17H17N5O4. The predicted octanol–water partition coefficient (Wildman–Crippen LogP) is 1.39. The van der Waals surface area contributed by atoms with Crippen LogP contribution < -0.4 is 20.3 Å². The first-order chi connectivity index (χ1) is 12.6. The summed E-state index contributed by atoms with van der Waals surface area (Å²) in [4.78, 5) is 33.1. The van der Waals surface area contributed by atoms with Gasteiger partial charge in [0.2, 0.25) is 5.95 Å². The Hall–Kier alpha value is -3.36. The van der Waals surface area contributed by atoms with Gasteiger partial charge >= 0.3 is 0 Å². The van der Waals surface area contributed by atoms with Crippen molar-refractivity contribution in [3.05, 3.63) is 45.9 Å². The van der Waals surface area contributed by atoms with Crippen LogP contribution in [-0.2, 0) is 6.42 Å². The molecule has 3 heterocycles. The Morgan fingerprint density at radius 2 is 2.04 bits per heavy atom. The minimum Gasteiger partial charge on any atom is -0.486 e. The van der Waals surface area contributed by atoms with Crippen LogP contribution >= 0.6 is 0 Å². The molecule has 0 unspecified atom stereocenters. The van der Waals surface area contributed by atoms with Crippen LogP contribution in [0.1, 0.15) is 29.4 Å². The van der Waals surface area contributed by atoms with Gasteiger partial charge in [-0.05, 0) is 24.6 Å². The predicted molar refractivity (Wildman–Crippen MR) is 93.0 cm³/mol. The first kappa shape index (κ1) is 16.1. The Bertz CT molecular complexity index is 1040. The van der Waals surface area contributed by atoms with Crippen LogP contribution in [-0.4, -0.2) is 38.7 Å². The highest BCUT2D eigenvalue weighted by atomic mass is 16.6. The number of ether oxygens (including phenoxy) is 2. The molecule has 0 saturated carbocycles. The summed E-state index contributed by atoms with van der Waals surface area (Å²) in [7, 11) is 0. The molecule has 0 aliphatic carbocycles. The normalized spacial score (nSPS) is 13.0. The lowest BCUT2D eigenvalue weighted by molar-refractivity contribution is 0.102. The molecule has 0 atom stereocenters. The molecule has 0 saturated heterocycles. The van der Waals surface area contributed by atoms with Gasteiger partial charge in [-0.25, -0.2) is 4.98 Å². The third kappa shape index (κ3) is 2.99. The van der Waals surface area contributed by atoms with E-state index in [1.807, 2.05) is 6.92 Å². The van der Waals surface area contributed by atoms with Gasteiger partial charge < -0.3 is 9.47 Å². The maximum absolute atomic E-state index is 12.5. The van der Waals surface area contributed by atoms with E-state index in [4.69, 9.17) is 9.47 Å². The molecule has 1 amide bonds. The Labute approximate surface area is 148 Å². The molecule has 1 aromatic carbocycles. The summed E-state index contributed by atoms with van der Waals surface area (Å²) in [5.74, 6) is 1.11. The lowest BCUT2D eigenvalue weighted by Gasteiger charge is -2.18. The molecule has 2 N–H and O–H groups in total. The fourth-order valence-electron chi connectivity index (χ4n) is 2.73. The molecule has 9 nitrogen and oxygen atoms in total. The average molecular weight is 355 g/mol. The van der Waals surface area contributed by atoms with Gasteiger partial charge in [-0.1, -0.05) is 13.3 Å². The number of hydrogen-bond donors (Lipinski definition) is 2. The maximum Gasteiger partial charge on any atom is 0.274 e. The number of aromatic amines is 1. The van der Waals surface area contributed by atoms with Crippen molar-refractivity contribution in [1.82, 2.24) is 19.6 Å². The SMILES string of the molecule is CCCc1cc(=O)n2[nH]c(NC(=O)c3ccc4c(c3)OCCO4)nc2n1. The first-order valence-corrected chi connectivity index (χ1v) is 8.34. The van der Waals surface area contributed by atoms with Gasteiger partial charge in [0.1, 0.15) is 13.2 Å². The number of amides is 1. The largest absolute Gasteiger partial charge is 0.486 e. The van der Waals surface area contributed by atoms with Crippen molar-refractivity contribution in [2.75, 3.05) is 18.5 Å². The molecule has 1 aliphatic rings. The summed E-state index contributed by atoms with van der Waals surface area (Å²) in [6.45, 7) is 2.93. The Balaban J connectivity index is 1.59. The van der Waals surface area contributed by atoms with Crippen molar-refractivity contribution in [1.29, 1.82) is 0 Å². The van der Waals surface area contributed by atoms with Gasteiger partial charge in [0, 0.05) is 11.6 Å². The van der Waals surface area contributed by atoms with E-state index in [9.17, 15) is 9.59 Å². The van der Waals surface area contributed by atoms with Crippen molar-refractivity contribution in [3.8, 4) is 11.5 Å². The number of nitrogens with zero attached hydrogens (tertiary/aromatic N) is 3. The lowest BCUT2D eigenvalue weighted by atomic mass is 10.2. The Morgan fingerprint density at radius 1 is 1.23 bits per heavy atom. The van der Waals surface area contributed by atoms with Gasteiger partial charge in [-0.3, -0.25) is 20.0 Å². The zero-order chi connectivity index (χ0) is 18.1. The zero-order valence-corrected chi connectivity index (χ0v) is 14.1. The number of aryl methyl sites for hydroxylation is 1. The molecule has 0 bridgehead atoms. The number of nitrogens with one attached hydrogen (secondary N) is 2. The van der Waals surface area contributed by atoms with Crippen molar-refractivity contribution in [2.24, 2.45) is 0 Å². The van der Waals surface area contributed by atoms with E-state index in [1.165, 1.54) is 10.6 Å². The number of hydrogen-bond acceptors (Lipinski definition) is 6. The van der Waals surface area contributed by atoms with Crippen LogP contribution in [0.25, 0.3) is 5.78 Å². The third-order valence-electron chi connectivity index (χ3n) is 3.93. The van der Waals surface area contributed by atoms with Crippen LogP contribution in [0.4, 0.5) is 5.95 Å². The minimum absolute atomic E-state index is 0.142. The molecule has 1 aliphatic heterocycles. The van der Waals surface area contributed by atoms with Crippen molar-refractivity contribution >= 4 is 17.6 Å². The summed E-state index contributed by atoms with van der Waals surface area (Å²) < 4.78 is 12.1. The van der Waals surface area contributed by atoms with Gasteiger partial charge in [0.05, 0.1) is 5.69 Å². The molecule has 2 aromatic heterocycles. The van der Waals surface area contributed by atoms with E-state index >= 15 is 0 Å². The number of carbonyl (C=O) groups excluding carboxylic acids is 1. The van der Waals surface area contributed by atoms with E-state index in [2.05, 4.69) is 20.4 Å². The first-order valence-electron chi connectivity index (χ1n) is 8.34. The second-order valence-corrected chi connectivity index (χ2v) is 5.86. The quantitative estimate of drug-likeness (QED) is 0.732. The zero-order valence-electron chi connectivity index (χ0n) is 14.1. The highest BCUT2D eigenvalue weighted by Crippen LogP contribution is 2.30. The van der Waals surface area contributed by atoms with E-state index in [0.29, 0.717) is 42.4 Å². The van der Waals surface area contributed by atoms with E-state index < -0.39 is 0 Å². The summed E-state index contributed by atoms with van der Waals surface area (Å²) in [6, 6.07) is 6.39. The molecule has 0 radical (unpaired) electrons. The van der Waals surface area contributed by atoms with E-state index in [1.54, 1.807) is 18.2 Å². The van der Waals surface area contributed by atoms with Crippen molar-refractivity contribution in [3.63, 3.8) is 0 Å². The smallest absolute Gasteiger partial charge is 0.274 e. The van der Waals surface area contributed by atoms with E-state index in [-0.39, 0.29) is 23.2 Å². The number of H-pyrrole nitrogens is 1. The lowest BCUT2D eigenvalue weighted by Crippen LogP contribution is -2.18. The van der Waals surface area contributed by atoms with Gasteiger partial charge in [0.25, 0.3) is 17.2 Å². The second-order valence-electron chi connectivity index (χ2n) is 5.86. The van der Waals surface area contributed by atoms with Gasteiger partial charge in [-0.15, -0.1) is 0 Å². The number of carbonyl (C=O) groups is 1. The monoisotopic (exact) mass is 355 g/mol. The molecule has 26 heavy (non-hydrogen) atoms. The molecule has 4 rings (SSSR count). The Morgan fingerprint density at radius 3 is 2.85 bits per heavy atom. The van der Waals surface area contributed by atoms with Crippen LogP contribution in [0, 0.1) is 0 Å². The molecule has 3 aromatic rings. The molecule has 134 valence electrons. The van der Waals surface area contributed by atoms with Crippen molar-refractivity contribution in [2.45, 2.75) is 19.8 Å². The Kier molecular flexibility index (Phi) is 4.04. The van der Waals surface area contributed by atoms with Crippen LogP contribution in [0.5, 0.6) is 11.5 Å². The summed E-state index contributed by atoms with van der Waals surface area (Å²) in [5.41, 5.74) is 0.793. The number of aromatic nitrogens is 4. The van der Waals surface area contributed by atoms with E-state index in [0.717, 1.165) is 6.42 Å². The highest BCUT2D eigenvalue weighted by Gasteiger charge is 2.16. The molecule has 9 heteroatoms. The van der Waals surface area contributed by atoms with Crippen molar-refractivity contribution < 1.29 is 14.3 Å². The van der Waals surface area contributed by atoms with Gasteiger partial charge in [0.15, 0.2) is 11.5 Å². The fourth-order valence-corrected chi connectivity index (χ4v) is 2.73. The molecular weight excluding hydrogens is 338 g/mol. The number of benzene rings is 1. The van der Waals surface area contributed by atoms with Crippen LogP contribution in [0.3, 0.4) is 0 Å². The van der Waals surface area contributed by atoms with Gasteiger partial charge in [-0.2, -0.15) is 9.50 Å². The average Bonchev–Trinajstić information content (AvgIpc) is 3.04. The highest BCUT2D eigenvalue weighted by molar-refractivity contribution is 6.03. The topological polar surface area (TPSA) is 111 Å². The minimum atomic E-state index is -0.386. The number of anilines is 1. The second kappa shape index (κ2) is 6.51. The molecule has 0 spiro atoms. The van der Waals surface area contributed by atoms with Crippen LogP contribution in [0.2, 0.25) is 0 Å². The summed E-state index contributed by atoms with van der Waals surface area (Å²) in [5, 5.41) is 5.37. The number of rotatable bonds is 4. The fraction of sp³-hybridized carbons (Fsp3) is 0.294. The number of fused-ring (bicyclic) bond motifs is 2. The standard InChI is InChI=1S/C17H17N5O4/c1-2-3-11-9-14(23)22-17(18-11)20-16(21-22)19-15(24)10-4-5-12-13(8-10)26-7-6-25-12/h4-5,8-9H,2-3,6-7H2,1H3,(H2,18,19,20,21,24). The maximum atomic E-state index is 12.5. The third-order valence-corrected chi connectivity index (χ3v) is 3.93. The van der Waals surface area contributed by atoms with Crippen LogP contribution in [0.15, 0.2) is 29.1 Å².